The van der Waals surface area contributed by atoms with Crippen LogP contribution in [0, 0.1) is 0 Å². The summed E-state index contributed by atoms with van der Waals surface area (Å²) in [5.41, 5.74) is 0. The zero-order valence-corrected chi connectivity index (χ0v) is 9.70. The lowest BCUT2D eigenvalue weighted by Gasteiger charge is -2.12. The molecular formula is C11H22O4. The number of unbranched alkanes of at least 4 members (excludes halogenated alkanes) is 4. The van der Waals surface area contributed by atoms with E-state index in [4.69, 9.17) is 14.6 Å². The highest BCUT2D eigenvalue weighted by atomic mass is 16.5. The lowest BCUT2D eigenvalue weighted by Crippen LogP contribution is -2.29. The lowest BCUT2D eigenvalue weighted by molar-refractivity contribution is -0.153. The molecule has 0 aliphatic heterocycles. The average molecular weight is 218 g/mol. The molecule has 0 aliphatic carbocycles. The van der Waals surface area contributed by atoms with Crippen LogP contribution in [0.15, 0.2) is 0 Å². The summed E-state index contributed by atoms with van der Waals surface area (Å²) >= 11 is 0. The van der Waals surface area contributed by atoms with Crippen LogP contribution >= 0.6 is 0 Å². The van der Waals surface area contributed by atoms with Gasteiger partial charge in [-0.15, -0.1) is 0 Å². The Balaban J connectivity index is 3.41. The van der Waals surface area contributed by atoms with Crippen molar-refractivity contribution in [3.8, 4) is 0 Å². The molecule has 0 bridgehead atoms. The Labute approximate surface area is 91.6 Å². The van der Waals surface area contributed by atoms with E-state index >= 15 is 0 Å². The normalized spacial score (nSPS) is 12.7. The maximum absolute atomic E-state index is 10.7. The first kappa shape index (κ1) is 14.4. The Morgan fingerprint density at radius 2 is 1.93 bits per heavy atom. The molecular weight excluding hydrogens is 196 g/mol. The van der Waals surface area contributed by atoms with Gasteiger partial charge in [-0.2, -0.15) is 0 Å². The number of ether oxygens (including phenoxy) is 2. The van der Waals surface area contributed by atoms with E-state index in [2.05, 4.69) is 6.92 Å². The first-order chi connectivity index (χ1) is 7.22. The summed E-state index contributed by atoms with van der Waals surface area (Å²) < 4.78 is 9.95. The molecule has 0 saturated carbocycles. The first-order valence-corrected chi connectivity index (χ1v) is 5.55. The molecule has 1 unspecified atom stereocenters. The monoisotopic (exact) mass is 218 g/mol. The highest BCUT2D eigenvalue weighted by Gasteiger charge is 2.16. The van der Waals surface area contributed by atoms with Crippen molar-refractivity contribution in [2.24, 2.45) is 0 Å². The highest BCUT2D eigenvalue weighted by Crippen LogP contribution is 2.03. The van der Waals surface area contributed by atoms with Gasteiger partial charge in [0.1, 0.15) is 0 Å². The van der Waals surface area contributed by atoms with Gasteiger partial charge in [-0.3, -0.25) is 0 Å². The zero-order valence-electron chi connectivity index (χ0n) is 9.70. The second-order valence-corrected chi connectivity index (χ2v) is 3.57. The topological polar surface area (TPSA) is 55.8 Å². The van der Waals surface area contributed by atoms with Gasteiger partial charge in [0.15, 0.2) is 6.10 Å². The van der Waals surface area contributed by atoms with Crippen LogP contribution in [0.3, 0.4) is 0 Å². The summed E-state index contributed by atoms with van der Waals surface area (Å²) in [6.07, 6.45) is 4.85. The Bertz CT molecular complexity index is 159. The smallest absolute Gasteiger partial charge is 0.335 e. The third-order valence-electron chi connectivity index (χ3n) is 2.16. The number of carboxylic acids is 1. The Hall–Kier alpha value is -0.610. The summed E-state index contributed by atoms with van der Waals surface area (Å²) in [4.78, 5) is 10.7. The number of carboxylic acid groups (broad SMARTS) is 1. The van der Waals surface area contributed by atoms with Gasteiger partial charge in [0.05, 0.1) is 6.61 Å². The zero-order chi connectivity index (χ0) is 11.5. The van der Waals surface area contributed by atoms with E-state index in [1.807, 2.05) is 0 Å². The van der Waals surface area contributed by atoms with Crippen molar-refractivity contribution in [1.29, 1.82) is 0 Å². The van der Waals surface area contributed by atoms with Crippen LogP contribution in [-0.2, 0) is 14.3 Å². The fourth-order valence-electron chi connectivity index (χ4n) is 1.27. The van der Waals surface area contributed by atoms with Gasteiger partial charge in [0.2, 0.25) is 0 Å². The number of methoxy groups -OCH3 is 1. The van der Waals surface area contributed by atoms with E-state index in [9.17, 15) is 4.79 Å². The second kappa shape index (κ2) is 9.93. The van der Waals surface area contributed by atoms with E-state index in [1.165, 1.54) is 26.4 Å². The molecule has 0 aromatic carbocycles. The first-order valence-electron chi connectivity index (χ1n) is 5.55. The third kappa shape index (κ3) is 8.39. The third-order valence-corrected chi connectivity index (χ3v) is 2.16. The molecule has 15 heavy (non-hydrogen) atoms. The maximum atomic E-state index is 10.7. The van der Waals surface area contributed by atoms with E-state index < -0.39 is 12.1 Å². The van der Waals surface area contributed by atoms with Crippen LogP contribution in [0.2, 0.25) is 0 Å². The average Bonchev–Trinajstić information content (AvgIpc) is 2.21. The van der Waals surface area contributed by atoms with E-state index in [1.54, 1.807) is 0 Å². The van der Waals surface area contributed by atoms with Gasteiger partial charge in [0, 0.05) is 13.7 Å². The number of carbonyl (C=O) groups is 1. The molecule has 0 aliphatic rings. The van der Waals surface area contributed by atoms with E-state index in [0.717, 1.165) is 12.8 Å². The molecule has 0 heterocycles. The van der Waals surface area contributed by atoms with Crippen LogP contribution < -0.4 is 0 Å². The SMILES string of the molecule is CCCCCCCOC(COC)C(=O)O. The van der Waals surface area contributed by atoms with Crippen LogP contribution in [0.5, 0.6) is 0 Å². The van der Waals surface area contributed by atoms with Crippen molar-refractivity contribution in [3.63, 3.8) is 0 Å². The van der Waals surface area contributed by atoms with Crippen molar-refractivity contribution in [1.82, 2.24) is 0 Å². The number of rotatable bonds is 10. The van der Waals surface area contributed by atoms with Crippen molar-refractivity contribution in [3.05, 3.63) is 0 Å². The van der Waals surface area contributed by atoms with Crippen LogP contribution in [0.4, 0.5) is 0 Å². The molecule has 4 heteroatoms. The molecule has 0 aromatic rings. The van der Waals surface area contributed by atoms with E-state index in [0.29, 0.717) is 6.61 Å². The molecule has 0 aromatic heterocycles. The quantitative estimate of drug-likeness (QED) is 0.570. The predicted molar refractivity (Wildman–Crippen MR) is 58.0 cm³/mol. The minimum Gasteiger partial charge on any atom is -0.479 e. The number of aliphatic carboxylic acids is 1. The molecule has 0 spiro atoms. The van der Waals surface area contributed by atoms with Gasteiger partial charge in [-0.05, 0) is 6.42 Å². The van der Waals surface area contributed by atoms with E-state index in [-0.39, 0.29) is 6.61 Å². The maximum Gasteiger partial charge on any atom is 0.335 e. The van der Waals surface area contributed by atoms with Gasteiger partial charge in [0.25, 0.3) is 0 Å². The summed E-state index contributed by atoms with van der Waals surface area (Å²) in [5, 5.41) is 8.74. The molecule has 0 radical (unpaired) electrons. The molecule has 0 rings (SSSR count). The molecule has 4 nitrogen and oxygen atoms in total. The fraction of sp³-hybridized carbons (Fsp3) is 0.909. The van der Waals surface area contributed by atoms with Gasteiger partial charge in [-0.1, -0.05) is 32.6 Å². The molecule has 1 N–H and O–H groups in total. The summed E-state index contributed by atoms with van der Waals surface area (Å²) in [6.45, 7) is 2.78. The van der Waals surface area contributed by atoms with Crippen molar-refractivity contribution >= 4 is 5.97 Å². The van der Waals surface area contributed by atoms with Gasteiger partial charge in [-0.25, -0.2) is 4.79 Å². The molecule has 0 amide bonds. The minimum absolute atomic E-state index is 0.115. The van der Waals surface area contributed by atoms with Gasteiger partial charge < -0.3 is 14.6 Å². The van der Waals surface area contributed by atoms with Crippen LogP contribution in [-0.4, -0.2) is 37.5 Å². The summed E-state index contributed by atoms with van der Waals surface area (Å²) in [5.74, 6) is -0.953. The van der Waals surface area contributed by atoms with Crippen molar-refractivity contribution < 1.29 is 19.4 Å². The molecule has 0 saturated heterocycles. The number of hydrogen-bond acceptors (Lipinski definition) is 3. The standard InChI is InChI=1S/C11H22O4/c1-3-4-5-6-7-8-15-10(9-14-2)11(12)13/h10H,3-9H2,1-2H3,(H,12,13). The van der Waals surface area contributed by atoms with Crippen molar-refractivity contribution in [2.45, 2.75) is 45.1 Å². The highest BCUT2D eigenvalue weighted by molar-refractivity contribution is 5.72. The lowest BCUT2D eigenvalue weighted by atomic mass is 10.2. The Morgan fingerprint density at radius 1 is 1.27 bits per heavy atom. The van der Waals surface area contributed by atoms with Crippen molar-refractivity contribution in [2.75, 3.05) is 20.3 Å². The minimum atomic E-state index is -0.953. The second-order valence-electron chi connectivity index (χ2n) is 3.57. The molecule has 0 fully saturated rings. The molecule has 1 atom stereocenters. The molecule has 90 valence electrons. The summed E-state index contributed by atoms with van der Waals surface area (Å²) in [6, 6.07) is 0. The van der Waals surface area contributed by atoms with Crippen LogP contribution in [0.25, 0.3) is 0 Å². The Kier molecular flexibility index (Phi) is 9.52. The summed E-state index contributed by atoms with van der Waals surface area (Å²) in [7, 11) is 1.47. The van der Waals surface area contributed by atoms with Crippen LogP contribution in [0.1, 0.15) is 39.0 Å². The fourth-order valence-corrected chi connectivity index (χ4v) is 1.27. The Morgan fingerprint density at radius 3 is 2.47 bits per heavy atom. The largest absolute Gasteiger partial charge is 0.479 e. The predicted octanol–water partition coefficient (Wildman–Crippen LogP) is 2.07. The number of hydrogen-bond donors (Lipinski definition) is 1. The van der Waals surface area contributed by atoms with Gasteiger partial charge >= 0.3 is 5.97 Å².